The van der Waals surface area contributed by atoms with Crippen LogP contribution >= 0.6 is 0 Å². The predicted molar refractivity (Wildman–Crippen MR) is 77.2 cm³/mol. The molecule has 1 aromatic carbocycles. The summed E-state index contributed by atoms with van der Waals surface area (Å²) in [6.45, 7) is 5.91. The molecule has 106 valence electrons. The summed E-state index contributed by atoms with van der Waals surface area (Å²) < 4.78 is 6.47. The van der Waals surface area contributed by atoms with E-state index in [-0.39, 0.29) is 5.75 Å². The van der Waals surface area contributed by atoms with Crippen molar-refractivity contribution >= 4 is 11.4 Å². The number of nitrogens with two attached hydrogens (primary N) is 1. The fourth-order valence-electron chi connectivity index (χ4n) is 2.39. The second-order valence-electron chi connectivity index (χ2n) is 5.45. The average molecular weight is 266 g/mol. The number of phenolic OH excluding ortho intramolecular Hbond substituents is 1. The van der Waals surface area contributed by atoms with Crippen molar-refractivity contribution in [2.75, 3.05) is 57.5 Å². The van der Waals surface area contributed by atoms with Crippen molar-refractivity contribution in [3.05, 3.63) is 18.2 Å². The van der Waals surface area contributed by atoms with Crippen molar-refractivity contribution in [1.29, 1.82) is 0 Å². The van der Waals surface area contributed by atoms with Gasteiger partial charge in [-0.25, -0.2) is 0 Å². The molecule has 0 amide bonds. The number of rotatable bonds is 5. The number of likely N-dealkylation sites (N-methyl/N-ethyl adjacent to an activating group) is 1. The summed E-state index contributed by atoms with van der Waals surface area (Å²) in [6.07, 6.45) is 1.07. The number of quaternary nitrogens is 1. The first-order valence-electron chi connectivity index (χ1n) is 6.83. The number of anilines is 2. The quantitative estimate of drug-likeness (QED) is 0.325. The largest absolute Gasteiger partial charge is 0.508 e. The molecule has 19 heavy (non-hydrogen) atoms. The Kier molecular flexibility index (Phi) is 4.50. The van der Waals surface area contributed by atoms with Crippen LogP contribution in [0, 0.1) is 0 Å². The molecule has 0 unspecified atom stereocenters. The maximum atomic E-state index is 9.43. The molecule has 1 aromatic rings. The van der Waals surface area contributed by atoms with E-state index in [0.29, 0.717) is 5.69 Å². The summed E-state index contributed by atoms with van der Waals surface area (Å²) in [5.41, 5.74) is 7.33. The second-order valence-corrected chi connectivity index (χ2v) is 5.45. The fraction of sp³-hybridized carbons (Fsp3) is 0.571. The van der Waals surface area contributed by atoms with Gasteiger partial charge in [0.25, 0.3) is 0 Å². The van der Waals surface area contributed by atoms with E-state index in [1.165, 1.54) is 0 Å². The average Bonchev–Trinajstić information content (AvgIpc) is 2.39. The molecule has 1 aliphatic rings. The van der Waals surface area contributed by atoms with Crippen molar-refractivity contribution in [1.82, 2.24) is 0 Å². The third kappa shape index (κ3) is 4.01. The minimum atomic E-state index is 0.240. The predicted octanol–water partition coefficient (Wildman–Crippen LogP) is 1.25. The number of phenols is 1. The highest BCUT2D eigenvalue weighted by Gasteiger charge is 2.24. The van der Waals surface area contributed by atoms with Gasteiger partial charge < -0.3 is 25.4 Å². The summed E-state index contributed by atoms with van der Waals surface area (Å²) in [4.78, 5) is 0. The molecule has 5 heteroatoms. The molecule has 5 nitrogen and oxygen atoms in total. The van der Waals surface area contributed by atoms with E-state index in [0.717, 1.165) is 56.0 Å². The minimum Gasteiger partial charge on any atom is -0.508 e. The molecule has 0 spiro atoms. The van der Waals surface area contributed by atoms with Crippen LogP contribution in [0.15, 0.2) is 18.2 Å². The highest BCUT2D eigenvalue weighted by atomic mass is 16.5. The fourth-order valence-corrected chi connectivity index (χ4v) is 2.39. The monoisotopic (exact) mass is 266 g/mol. The SMILES string of the molecule is C[N+]1(CCCNc2cc(O)ccc2N)CCOCC1. The molecule has 2 rings (SSSR count). The summed E-state index contributed by atoms with van der Waals surface area (Å²) in [7, 11) is 2.28. The molecular weight excluding hydrogens is 242 g/mol. The van der Waals surface area contributed by atoms with Crippen LogP contribution in [0.1, 0.15) is 6.42 Å². The van der Waals surface area contributed by atoms with Crippen LogP contribution in [0.4, 0.5) is 11.4 Å². The number of ether oxygens (including phenoxy) is 1. The third-order valence-electron chi connectivity index (χ3n) is 3.78. The van der Waals surface area contributed by atoms with Crippen molar-refractivity contribution in [3.8, 4) is 5.75 Å². The number of nitrogens with one attached hydrogen (secondary N) is 1. The number of morpholine rings is 1. The van der Waals surface area contributed by atoms with Crippen LogP contribution in [0.2, 0.25) is 0 Å². The number of nitrogen functional groups attached to an aromatic ring is 1. The Hall–Kier alpha value is -1.46. The van der Waals surface area contributed by atoms with E-state index in [9.17, 15) is 5.11 Å². The van der Waals surface area contributed by atoms with Gasteiger partial charge in [0.2, 0.25) is 0 Å². The topological polar surface area (TPSA) is 67.5 Å². The van der Waals surface area contributed by atoms with Crippen molar-refractivity contribution in [3.63, 3.8) is 0 Å². The van der Waals surface area contributed by atoms with Gasteiger partial charge in [-0.15, -0.1) is 0 Å². The van der Waals surface area contributed by atoms with Gasteiger partial charge in [-0.3, -0.25) is 0 Å². The molecule has 4 N–H and O–H groups in total. The van der Waals surface area contributed by atoms with Crippen LogP contribution < -0.4 is 11.1 Å². The highest BCUT2D eigenvalue weighted by molar-refractivity contribution is 5.67. The third-order valence-corrected chi connectivity index (χ3v) is 3.78. The Morgan fingerprint density at radius 1 is 1.37 bits per heavy atom. The zero-order valence-corrected chi connectivity index (χ0v) is 11.6. The smallest absolute Gasteiger partial charge is 0.117 e. The molecule has 1 fully saturated rings. The molecule has 0 saturated carbocycles. The maximum absolute atomic E-state index is 9.43. The summed E-state index contributed by atoms with van der Waals surface area (Å²) in [5, 5.41) is 12.7. The number of nitrogens with zero attached hydrogens (tertiary/aromatic N) is 1. The van der Waals surface area contributed by atoms with Gasteiger partial charge in [0, 0.05) is 19.0 Å². The van der Waals surface area contributed by atoms with E-state index < -0.39 is 0 Å². The zero-order valence-electron chi connectivity index (χ0n) is 11.6. The van der Waals surface area contributed by atoms with Gasteiger partial charge in [-0.1, -0.05) is 0 Å². The molecule has 1 saturated heterocycles. The molecular formula is C14H24N3O2+. The summed E-state index contributed by atoms with van der Waals surface area (Å²) in [6, 6.07) is 4.98. The molecule has 0 aliphatic carbocycles. The molecule has 0 bridgehead atoms. The first-order chi connectivity index (χ1) is 9.09. The number of aromatic hydroxyl groups is 1. The van der Waals surface area contributed by atoms with Crippen LogP contribution in [-0.4, -0.2) is 56.0 Å². The van der Waals surface area contributed by atoms with Gasteiger partial charge in [-0.05, 0) is 12.1 Å². The van der Waals surface area contributed by atoms with Crippen LogP contribution in [-0.2, 0) is 4.74 Å². The van der Waals surface area contributed by atoms with Gasteiger partial charge >= 0.3 is 0 Å². The van der Waals surface area contributed by atoms with Crippen molar-refractivity contribution < 1.29 is 14.3 Å². The minimum absolute atomic E-state index is 0.240. The lowest BCUT2D eigenvalue weighted by Crippen LogP contribution is -2.52. The highest BCUT2D eigenvalue weighted by Crippen LogP contribution is 2.23. The summed E-state index contributed by atoms with van der Waals surface area (Å²) >= 11 is 0. The van der Waals surface area contributed by atoms with Gasteiger partial charge in [-0.2, -0.15) is 0 Å². The lowest BCUT2D eigenvalue weighted by molar-refractivity contribution is -0.916. The van der Waals surface area contributed by atoms with E-state index in [1.807, 2.05) is 0 Å². The van der Waals surface area contributed by atoms with E-state index in [4.69, 9.17) is 10.5 Å². The number of benzene rings is 1. The zero-order chi connectivity index (χ0) is 13.7. The Morgan fingerprint density at radius 2 is 2.11 bits per heavy atom. The molecule has 0 atom stereocenters. The van der Waals surface area contributed by atoms with Gasteiger partial charge in [0.05, 0.1) is 38.2 Å². The van der Waals surface area contributed by atoms with Crippen molar-refractivity contribution in [2.24, 2.45) is 0 Å². The van der Waals surface area contributed by atoms with Crippen molar-refractivity contribution in [2.45, 2.75) is 6.42 Å². The first kappa shape index (κ1) is 14.0. The second kappa shape index (κ2) is 6.12. The Labute approximate surface area is 114 Å². The Morgan fingerprint density at radius 3 is 2.84 bits per heavy atom. The standard InChI is InChI=1S/C14H23N3O2/c1-17(7-9-19-10-8-17)6-2-5-16-14-11-12(18)3-4-13(14)15/h3-4,11,16H,2,5-10,15H2,1H3/p+1. The van der Waals surface area contributed by atoms with Crippen LogP contribution in [0.25, 0.3) is 0 Å². The Bertz CT molecular complexity index is 417. The normalized spacial score (nSPS) is 18.2. The first-order valence-corrected chi connectivity index (χ1v) is 6.83. The van der Waals surface area contributed by atoms with Crippen LogP contribution in [0.3, 0.4) is 0 Å². The summed E-state index contributed by atoms with van der Waals surface area (Å²) in [5.74, 6) is 0.240. The lowest BCUT2D eigenvalue weighted by atomic mass is 10.2. The molecule has 1 heterocycles. The lowest BCUT2D eigenvalue weighted by Gasteiger charge is -2.37. The van der Waals surface area contributed by atoms with Crippen LogP contribution in [0.5, 0.6) is 5.75 Å². The molecule has 0 radical (unpaired) electrons. The maximum Gasteiger partial charge on any atom is 0.117 e. The van der Waals surface area contributed by atoms with E-state index in [2.05, 4.69) is 12.4 Å². The molecule has 1 aliphatic heterocycles. The Balaban J connectivity index is 1.75. The van der Waals surface area contributed by atoms with E-state index in [1.54, 1.807) is 18.2 Å². The number of hydrogen-bond acceptors (Lipinski definition) is 4. The molecule has 0 aromatic heterocycles. The van der Waals surface area contributed by atoms with E-state index >= 15 is 0 Å². The number of hydrogen-bond donors (Lipinski definition) is 3. The van der Waals surface area contributed by atoms with Gasteiger partial charge in [0.15, 0.2) is 0 Å². The van der Waals surface area contributed by atoms with Gasteiger partial charge in [0.1, 0.15) is 18.8 Å².